The highest BCUT2D eigenvalue weighted by molar-refractivity contribution is 7.11. The smallest absolute Gasteiger partial charge is 0.0328 e. The maximum atomic E-state index is 2.59. The lowest BCUT2D eigenvalue weighted by Crippen LogP contribution is -2.44. The molecule has 0 saturated carbocycles. The number of hydrogen-bond donors (Lipinski definition) is 0. The molecule has 2 aromatic rings. The van der Waals surface area contributed by atoms with Crippen molar-refractivity contribution < 1.29 is 0 Å². The molecule has 1 saturated heterocycles. The van der Waals surface area contributed by atoms with Crippen LogP contribution in [-0.4, -0.2) is 54.5 Å². The molecule has 4 rings (SSSR count). The Bertz CT molecular complexity index is 720. The van der Waals surface area contributed by atoms with E-state index in [0.717, 1.165) is 26.2 Å². The normalized spacial score (nSPS) is 21.4. The first-order valence-electron chi connectivity index (χ1n) is 9.93. The van der Waals surface area contributed by atoms with Crippen LogP contribution >= 0.6 is 11.3 Å². The summed E-state index contributed by atoms with van der Waals surface area (Å²) in [6.45, 7) is 6.98. The minimum absolute atomic E-state index is 0.610. The van der Waals surface area contributed by atoms with E-state index in [1.807, 2.05) is 11.3 Å². The molecule has 0 amide bonds. The van der Waals surface area contributed by atoms with Crippen molar-refractivity contribution in [2.45, 2.75) is 44.9 Å². The van der Waals surface area contributed by atoms with E-state index in [1.165, 1.54) is 53.2 Å². The molecule has 0 aliphatic carbocycles. The molecule has 1 aromatic carbocycles. The lowest BCUT2D eigenvalue weighted by molar-refractivity contribution is 0.159. The van der Waals surface area contributed by atoms with E-state index in [0.29, 0.717) is 6.04 Å². The molecule has 2 aliphatic heterocycles. The Balaban J connectivity index is 1.31. The minimum Gasteiger partial charge on any atom is -0.300 e. The van der Waals surface area contributed by atoms with E-state index < -0.39 is 0 Å². The SMILES string of the molecule is CN(Cc1ccc(CN2CCCC2)s1)C[C@@H]1Cc2ccccc2CN1C. The Labute approximate surface area is 162 Å². The topological polar surface area (TPSA) is 9.72 Å². The van der Waals surface area contributed by atoms with Gasteiger partial charge < -0.3 is 0 Å². The number of hydrogen-bond acceptors (Lipinski definition) is 4. The van der Waals surface area contributed by atoms with Crippen molar-refractivity contribution in [2.75, 3.05) is 33.7 Å². The fourth-order valence-electron chi connectivity index (χ4n) is 4.37. The molecule has 1 fully saturated rings. The van der Waals surface area contributed by atoms with Gasteiger partial charge in [0.15, 0.2) is 0 Å². The average Bonchev–Trinajstić information content (AvgIpc) is 3.28. The minimum atomic E-state index is 0.610. The zero-order valence-corrected chi connectivity index (χ0v) is 17.0. The van der Waals surface area contributed by atoms with Crippen LogP contribution in [0.4, 0.5) is 0 Å². The summed E-state index contributed by atoms with van der Waals surface area (Å²) in [5.74, 6) is 0. The molecule has 0 N–H and O–H groups in total. The zero-order valence-electron chi connectivity index (χ0n) is 16.2. The van der Waals surface area contributed by atoms with Crippen molar-refractivity contribution in [3.05, 3.63) is 57.3 Å². The van der Waals surface area contributed by atoms with E-state index in [9.17, 15) is 0 Å². The fourth-order valence-corrected chi connectivity index (χ4v) is 5.51. The standard InChI is InChI=1S/C22H31N3S/c1-23(15-20-13-18-7-3-4-8-19(18)14-24(20)2)16-21-9-10-22(26-21)17-25-11-5-6-12-25/h3-4,7-10,20H,5-6,11-17H2,1-2H3/t20-/m0/s1. The van der Waals surface area contributed by atoms with Gasteiger partial charge in [-0.3, -0.25) is 14.7 Å². The van der Waals surface area contributed by atoms with Gasteiger partial charge >= 0.3 is 0 Å². The van der Waals surface area contributed by atoms with E-state index in [4.69, 9.17) is 0 Å². The molecule has 2 aliphatic rings. The van der Waals surface area contributed by atoms with Gasteiger partial charge in [0.05, 0.1) is 0 Å². The zero-order chi connectivity index (χ0) is 17.9. The van der Waals surface area contributed by atoms with Crippen molar-refractivity contribution >= 4 is 11.3 Å². The summed E-state index contributed by atoms with van der Waals surface area (Å²) in [7, 11) is 4.54. The molecule has 0 radical (unpaired) electrons. The van der Waals surface area contributed by atoms with Crippen molar-refractivity contribution in [3.63, 3.8) is 0 Å². The van der Waals surface area contributed by atoms with E-state index in [-0.39, 0.29) is 0 Å². The number of nitrogens with zero attached hydrogens (tertiary/aromatic N) is 3. The Hall–Kier alpha value is -1.20. The first-order valence-corrected chi connectivity index (χ1v) is 10.7. The maximum Gasteiger partial charge on any atom is 0.0328 e. The number of rotatable bonds is 6. The highest BCUT2D eigenvalue weighted by Crippen LogP contribution is 2.24. The van der Waals surface area contributed by atoms with Crippen LogP contribution in [0.25, 0.3) is 0 Å². The molecule has 1 atom stereocenters. The third-order valence-electron chi connectivity index (χ3n) is 5.86. The van der Waals surface area contributed by atoms with Gasteiger partial charge in [-0.1, -0.05) is 24.3 Å². The van der Waals surface area contributed by atoms with Crippen LogP contribution < -0.4 is 0 Å². The Morgan fingerprint density at radius 3 is 2.58 bits per heavy atom. The van der Waals surface area contributed by atoms with E-state index >= 15 is 0 Å². The van der Waals surface area contributed by atoms with Gasteiger partial charge in [0.25, 0.3) is 0 Å². The lowest BCUT2D eigenvalue weighted by atomic mass is 9.94. The molecule has 4 heteroatoms. The molecule has 3 nitrogen and oxygen atoms in total. The molecule has 1 aromatic heterocycles. The summed E-state index contributed by atoms with van der Waals surface area (Å²) >= 11 is 2.00. The Morgan fingerprint density at radius 1 is 1.04 bits per heavy atom. The van der Waals surface area contributed by atoms with Crippen molar-refractivity contribution in [1.82, 2.24) is 14.7 Å². The molecule has 26 heavy (non-hydrogen) atoms. The first kappa shape index (κ1) is 18.2. The Kier molecular flexibility index (Phi) is 5.75. The second-order valence-corrected chi connectivity index (χ2v) is 9.34. The predicted octanol–water partition coefficient (Wildman–Crippen LogP) is 3.83. The van der Waals surface area contributed by atoms with Crippen LogP contribution in [0.5, 0.6) is 0 Å². The van der Waals surface area contributed by atoms with Gasteiger partial charge in [-0.2, -0.15) is 0 Å². The molecule has 0 spiro atoms. The molecular formula is C22H31N3S. The summed E-state index contributed by atoms with van der Waals surface area (Å²) in [4.78, 5) is 10.6. The number of likely N-dealkylation sites (tertiary alicyclic amines) is 1. The van der Waals surface area contributed by atoms with Crippen molar-refractivity contribution in [3.8, 4) is 0 Å². The van der Waals surface area contributed by atoms with Gasteiger partial charge in [-0.05, 0) is 69.7 Å². The fraction of sp³-hybridized carbons (Fsp3) is 0.545. The average molecular weight is 370 g/mol. The highest BCUT2D eigenvalue weighted by atomic mass is 32.1. The Morgan fingerprint density at radius 2 is 1.77 bits per heavy atom. The van der Waals surface area contributed by atoms with Gasteiger partial charge in [-0.15, -0.1) is 11.3 Å². The molecular weight excluding hydrogens is 338 g/mol. The molecule has 0 unspecified atom stereocenters. The number of benzene rings is 1. The second kappa shape index (κ2) is 8.22. The van der Waals surface area contributed by atoms with Gasteiger partial charge in [-0.25, -0.2) is 0 Å². The third kappa shape index (κ3) is 4.37. The van der Waals surface area contributed by atoms with Gasteiger partial charge in [0.2, 0.25) is 0 Å². The van der Waals surface area contributed by atoms with Crippen LogP contribution in [0.15, 0.2) is 36.4 Å². The summed E-state index contributed by atoms with van der Waals surface area (Å²) in [5, 5.41) is 0. The van der Waals surface area contributed by atoms with Crippen LogP contribution in [0, 0.1) is 0 Å². The van der Waals surface area contributed by atoms with Crippen LogP contribution in [0.1, 0.15) is 33.7 Å². The summed E-state index contributed by atoms with van der Waals surface area (Å²) in [6.07, 6.45) is 3.92. The summed E-state index contributed by atoms with van der Waals surface area (Å²) in [5.41, 5.74) is 3.03. The quantitative estimate of drug-likeness (QED) is 0.766. The summed E-state index contributed by atoms with van der Waals surface area (Å²) < 4.78 is 0. The van der Waals surface area contributed by atoms with Crippen LogP contribution in [0.2, 0.25) is 0 Å². The maximum absolute atomic E-state index is 2.59. The molecule has 3 heterocycles. The van der Waals surface area contributed by atoms with Crippen molar-refractivity contribution in [1.29, 1.82) is 0 Å². The van der Waals surface area contributed by atoms with E-state index in [1.54, 1.807) is 0 Å². The van der Waals surface area contributed by atoms with Gasteiger partial charge in [0, 0.05) is 42.0 Å². The van der Waals surface area contributed by atoms with Crippen LogP contribution in [0.3, 0.4) is 0 Å². The number of likely N-dealkylation sites (N-methyl/N-ethyl adjacent to an activating group) is 2. The highest BCUT2D eigenvalue weighted by Gasteiger charge is 2.24. The third-order valence-corrected chi connectivity index (χ3v) is 6.92. The molecule has 140 valence electrons. The molecule has 0 bridgehead atoms. The van der Waals surface area contributed by atoms with Crippen molar-refractivity contribution in [2.24, 2.45) is 0 Å². The number of fused-ring (bicyclic) bond motifs is 1. The van der Waals surface area contributed by atoms with Gasteiger partial charge in [0.1, 0.15) is 0 Å². The number of thiophene rings is 1. The summed E-state index contributed by atoms with van der Waals surface area (Å²) in [6, 6.07) is 14.2. The largest absolute Gasteiger partial charge is 0.300 e. The first-order chi connectivity index (χ1) is 12.7. The van der Waals surface area contributed by atoms with Crippen LogP contribution in [-0.2, 0) is 26.1 Å². The lowest BCUT2D eigenvalue weighted by Gasteiger charge is -2.36. The predicted molar refractivity (Wildman–Crippen MR) is 111 cm³/mol. The monoisotopic (exact) mass is 369 g/mol. The second-order valence-electron chi connectivity index (χ2n) is 8.09. The van der Waals surface area contributed by atoms with E-state index in [2.05, 4.69) is 65.2 Å².